The minimum Gasteiger partial charge on any atom is -0.496 e. The van der Waals surface area contributed by atoms with Crippen molar-refractivity contribution in [3.05, 3.63) is 22.8 Å². The summed E-state index contributed by atoms with van der Waals surface area (Å²) < 4.78 is 5.41. The molecule has 0 unspecified atom stereocenters. The highest BCUT2D eigenvalue weighted by Gasteiger charge is 2.12. The maximum atomic E-state index is 5.77. The number of hydrogen-bond acceptors (Lipinski definition) is 2. The van der Waals surface area contributed by atoms with Crippen LogP contribution in [-0.4, -0.2) is 26.6 Å². The largest absolute Gasteiger partial charge is 0.496 e. The smallest absolute Gasteiger partial charge is 0.125 e. The third kappa shape index (κ3) is 2.43. The number of alkyl halides is 1. The van der Waals surface area contributed by atoms with E-state index in [0.717, 1.165) is 12.3 Å². The summed E-state index contributed by atoms with van der Waals surface area (Å²) in [7, 11) is 3.78. The molecule has 0 fully saturated rings. The molecule has 1 rings (SSSR count). The minimum absolute atomic E-state index is 0.639. The third-order valence-electron chi connectivity index (χ3n) is 3.03. The van der Waals surface area contributed by atoms with Crippen LogP contribution in [0.2, 0.25) is 0 Å². The van der Waals surface area contributed by atoms with Crippen molar-refractivity contribution in [1.29, 1.82) is 0 Å². The Morgan fingerprint density at radius 2 is 1.88 bits per heavy atom. The van der Waals surface area contributed by atoms with Crippen molar-refractivity contribution < 1.29 is 4.74 Å². The molecule has 0 aliphatic heterocycles. The van der Waals surface area contributed by atoms with E-state index in [1.165, 1.54) is 22.4 Å². The molecule has 1 aromatic rings. The van der Waals surface area contributed by atoms with Crippen LogP contribution in [0.1, 0.15) is 16.7 Å². The van der Waals surface area contributed by atoms with Gasteiger partial charge in [0.2, 0.25) is 0 Å². The summed E-state index contributed by atoms with van der Waals surface area (Å²) in [5, 5.41) is 0. The highest BCUT2D eigenvalue weighted by molar-refractivity contribution is 6.18. The molecular weight excluding hydrogens is 222 g/mol. The molecule has 0 heterocycles. The van der Waals surface area contributed by atoms with E-state index in [1.54, 1.807) is 7.11 Å². The Hall–Kier alpha value is -0.890. The summed E-state index contributed by atoms with van der Waals surface area (Å²) in [6, 6.07) is 2.16. The molecule has 0 saturated carbocycles. The van der Waals surface area contributed by atoms with Gasteiger partial charge in [-0.1, -0.05) is 0 Å². The number of methoxy groups -OCH3 is 1. The van der Waals surface area contributed by atoms with Crippen molar-refractivity contribution >= 4 is 17.3 Å². The van der Waals surface area contributed by atoms with E-state index in [2.05, 4.69) is 38.8 Å². The van der Waals surface area contributed by atoms with Gasteiger partial charge in [0.05, 0.1) is 7.11 Å². The maximum absolute atomic E-state index is 5.77. The molecule has 2 nitrogen and oxygen atoms in total. The molecule has 0 bridgehead atoms. The van der Waals surface area contributed by atoms with Crippen LogP contribution in [0.5, 0.6) is 5.75 Å². The highest BCUT2D eigenvalue weighted by atomic mass is 35.5. The van der Waals surface area contributed by atoms with Gasteiger partial charge in [-0.3, -0.25) is 0 Å². The standard InChI is InChI=1S/C13H20ClNO/c1-9-8-12(15(4)7-6-14)10(2)11(3)13(9)16-5/h8H,6-7H2,1-5H3. The number of ether oxygens (including phenoxy) is 1. The summed E-state index contributed by atoms with van der Waals surface area (Å²) in [6.07, 6.45) is 0. The Morgan fingerprint density at radius 1 is 1.25 bits per heavy atom. The number of rotatable bonds is 4. The van der Waals surface area contributed by atoms with Crippen LogP contribution in [0.4, 0.5) is 5.69 Å². The van der Waals surface area contributed by atoms with Gasteiger partial charge in [-0.2, -0.15) is 0 Å². The number of nitrogens with zero attached hydrogens (tertiary/aromatic N) is 1. The molecule has 0 aromatic heterocycles. The first-order valence-corrected chi connectivity index (χ1v) is 5.98. The monoisotopic (exact) mass is 241 g/mol. The van der Waals surface area contributed by atoms with Crippen LogP contribution < -0.4 is 9.64 Å². The van der Waals surface area contributed by atoms with Gasteiger partial charge >= 0.3 is 0 Å². The van der Waals surface area contributed by atoms with Crippen molar-refractivity contribution in [3.8, 4) is 5.75 Å². The van der Waals surface area contributed by atoms with E-state index in [0.29, 0.717) is 5.88 Å². The number of hydrogen-bond donors (Lipinski definition) is 0. The fraction of sp³-hybridized carbons (Fsp3) is 0.538. The molecule has 0 spiro atoms. The normalized spacial score (nSPS) is 10.4. The zero-order valence-corrected chi connectivity index (χ0v) is 11.5. The fourth-order valence-electron chi connectivity index (χ4n) is 1.99. The molecule has 0 aliphatic rings. The summed E-state index contributed by atoms with van der Waals surface area (Å²) in [5.41, 5.74) is 4.87. The molecule has 0 amide bonds. The zero-order valence-electron chi connectivity index (χ0n) is 10.7. The van der Waals surface area contributed by atoms with Crippen molar-refractivity contribution in [1.82, 2.24) is 0 Å². The van der Waals surface area contributed by atoms with E-state index >= 15 is 0 Å². The van der Waals surface area contributed by atoms with Crippen molar-refractivity contribution in [2.45, 2.75) is 20.8 Å². The first kappa shape index (κ1) is 13.2. The van der Waals surface area contributed by atoms with E-state index < -0.39 is 0 Å². The first-order chi connectivity index (χ1) is 7.52. The minimum atomic E-state index is 0.639. The Balaban J connectivity index is 3.22. The molecule has 3 heteroatoms. The summed E-state index contributed by atoms with van der Waals surface area (Å²) in [6.45, 7) is 7.15. The number of benzene rings is 1. The van der Waals surface area contributed by atoms with E-state index in [1.807, 2.05) is 0 Å². The quantitative estimate of drug-likeness (QED) is 0.750. The highest BCUT2D eigenvalue weighted by Crippen LogP contribution is 2.32. The Kier molecular flexibility index (Phi) is 4.48. The number of aryl methyl sites for hydroxylation is 1. The van der Waals surface area contributed by atoms with Crippen LogP contribution >= 0.6 is 11.6 Å². The molecular formula is C13H20ClNO. The molecule has 0 N–H and O–H groups in total. The number of halogens is 1. The average Bonchev–Trinajstić information content (AvgIpc) is 2.24. The summed E-state index contributed by atoms with van der Waals surface area (Å²) in [4.78, 5) is 2.18. The van der Waals surface area contributed by atoms with E-state index in [9.17, 15) is 0 Å². The van der Waals surface area contributed by atoms with Crippen LogP contribution in [0.3, 0.4) is 0 Å². The molecule has 0 saturated heterocycles. The predicted octanol–water partition coefficient (Wildman–Crippen LogP) is 3.30. The topological polar surface area (TPSA) is 12.5 Å². The van der Waals surface area contributed by atoms with Crippen LogP contribution in [0.25, 0.3) is 0 Å². The van der Waals surface area contributed by atoms with Gasteiger partial charge in [0.1, 0.15) is 5.75 Å². The van der Waals surface area contributed by atoms with Crippen molar-refractivity contribution in [2.24, 2.45) is 0 Å². The molecule has 1 aromatic carbocycles. The summed E-state index contributed by atoms with van der Waals surface area (Å²) >= 11 is 5.77. The van der Waals surface area contributed by atoms with E-state index in [4.69, 9.17) is 16.3 Å². The maximum Gasteiger partial charge on any atom is 0.125 e. The van der Waals surface area contributed by atoms with Crippen LogP contribution in [-0.2, 0) is 0 Å². The third-order valence-corrected chi connectivity index (χ3v) is 3.20. The van der Waals surface area contributed by atoms with E-state index in [-0.39, 0.29) is 0 Å². The first-order valence-electron chi connectivity index (χ1n) is 5.44. The van der Waals surface area contributed by atoms with Gasteiger partial charge in [0, 0.05) is 25.2 Å². The predicted molar refractivity (Wildman–Crippen MR) is 71.2 cm³/mol. The van der Waals surface area contributed by atoms with Gasteiger partial charge in [0.15, 0.2) is 0 Å². The molecule has 0 atom stereocenters. The second kappa shape index (κ2) is 5.44. The average molecular weight is 242 g/mol. The summed E-state index contributed by atoms with van der Waals surface area (Å²) in [5.74, 6) is 1.63. The number of anilines is 1. The fourth-order valence-corrected chi connectivity index (χ4v) is 2.25. The molecule has 0 aliphatic carbocycles. The second-order valence-electron chi connectivity index (χ2n) is 4.11. The lowest BCUT2D eigenvalue weighted by Gasteiger charge is -2.23. The Labute approximate surface area is 103 Å². The molecule has 16 heavy (non-hydrogen) atoms. The Morgan fingerprint density at radius 3 is 2.38 bits per heavy atom. The van der Waals surface area contributed by atoms with Gasteiger partial charge in [-0.25, -0.2) is 0 Å². The van der Waals surface area contributed by atoms with Crippen LogP contribution in [0.15, 0.2) is 6.07 Å². The van der Waals surface area contributed by atoms with Crippen LogP contribution in [0, 0.1) is 20.8 Å². The lowest BCUT2D eigenvalue weighted by atomic mass is 10.0. The van der Waals surface area contributed by atoms with Gasteiger partial charge in [-0.15, -0.1) is 11.6 Å². The van der Waals surface area contributed by atoms with Gasteiger partial charge in [0.25, 0.3) is 0 Å². The van der Waals surface area contributed by atoms with Gasteiger partial charge < -0.3 is 9.64 Å². The zero-order chi connectivity index (χ0) is 12.3. The molecule has 0 radical (unpaired) electrons. The lowest BCUT2D eigenvalue weighted by Crippen LogP contribution is -2.21. The lowest BCUT2D eigenvalue weighted by molar-refractivity contribution is 0.408. The molecule has 90 valence electrons. The Bertz CT molecular complexity index is 377. The second-order valence-corrected chi connectivity index (χ2v) is 4.48. The SMILES string of the molecule is COc1c(C)cc(N(C)CCCl)c(C)c1C. The van der Waals surface area contributed by atoms with Crippen molar-refractivity contribution in [2.75, 3.05) is 31.5 Å². The van der Waals surface area contributed by atoms with Crippen molar-refractivity contribution in [3.63, 3.8) is 0 Å². The van der Waals surface area contributed by atoms with Gasteiger partial charge in [-0.05, 0) is 43.5 Å².